The lowest BCUT2D eigenvalue weighted by atomic mass is 10.0. The van der Waals surface area contributed by atoms with Crippen LogP contribution in [0.3, 0.4) is 0 Å². The van der Waals surface area contributed by atoms with Crippen LogP contribution in [0.15, 0.2) is 24.3 Å². The van der Waals surface area contributed by atoms with Crippen LogP contribution in [0.25, 0.3) is 0 Å². The molecule has 0 aromatic heterocycles. The molecule has 1 N–H and O–H groups in total. The zero-order chi connectivity index (χ0) is 17.7. The van der Waals surface area contributed by atoms with E-state index >= 15 is 0 Å². The van der Waals surface area contributed by atoms with Gasteiger partial charge in [-0.1, -0.05) is 25.1 Å². The summed E-state index contributed by atoms with van der Waals surface area (Å²) in [5.41, 5.74) is 1.34. The molecule has 1 rings (SSSR count). The highest BCUT2D eigenvalue weighted by Gasteiger charge is 2.20. The van der Waals surface area contributed by atoms with Crippen LogP contribution >= 0.6 is 0 Å². The van der Waals surface area contributed by atoms with Gasteiger partial charge in [0.25, 0.3) is 0 Å². The molecule has 0 aliphatic carbocycles. The van der Waals surface area contributed by atoms with Gasteiger partial charge in [-0.15, -0.1) is 0 Å². The lowest BCUT2D eigenvalue weighted by Gasteiger charge is -2.26. The molecule has 0 radical (unpaired) electrons. The van der Waals surface area contributed by atoms with E-state index in [2.05, 4.69) is 5.32 Å². The summed E-state index contributed by atoms with van der Waals surface area (Å²) in [6.45, 7) is 8.14. The fourth-order valence-corrected chi connectivity index (χ4v) is 3.24. The minimum absolute atomic E-state index is 0.0462. The second-order valence-electron chi connectivity index (χ2n) is 6.51. The molecule has 1 amide bonds. The van der Waals surface area contributed by atoms with Gasteiger partial charge in [0.05, 0.1) is 11.9 Å². The van der Waals surface area contributed by atoms with E-state index in [1.807, 2.05) is 45.9 Å². The number of carbonyl (C=O) groups is 1. The first-order chi connectivity index (χ1) is 10.6. The Labute approximate surface area is 140 Å². The molecule has 6 heteroatoms. The maximum Gasteiger partial charge on any atom is 0.232 e. The number of sulfonamides is 1. The molecule has 1 aromatic carbocycles. The molecular weight excluding hydrogens is 312 g/mol. The zero-order valence-corrected chi connectivity index (χ0v) is 15.5. The Morgan fingerprint density at radius 1 is 1.26 bits per heavy atom. The average Bonchev–Trinajstić information content (AvgIpc) is 2.43. The molecule has 130 valence electrons. The number of benzene rings is 1. The van der Waals surface area contributed by atoms with E-state index < -0.39 is 10.0 Å². The smallest absolute Gasteiger partial charge is 0.232 e. The number of para-hydroxylation sites is 1. The molecule has 0 fully saturated rings. The molecule has 0 heterocycles. The highest BCUT2D eigenvalue weighted by molar-refractivity contribution is 7.92. The van der Waals surface area contributed by atoms with Gasteiger partial charge in [-0.25, -0.2) is 8.42 Å². The third-order valence-electron chi connectivity index (χ3n) is 3.91. The van der Waals surface area contributed by atoms with Gasteiger partial charge < -0.3 is 5.32 Å². The van der Waals surface area contributed by atoms with Crippen LogP contribution in [0.4, 0.5) is 5.69 Å². The summed E-state index contributed by atoms with van der Waals surface area (Å²) >= 11 is 0. The van der Waals surface area contributed by atoms with Gasteiger partial charge in [-0.05, 0) is 45.2 Å². The third-order valence-corrected chi connectivity index (χ3v) is 5.09. The second kappa shape index (κ2) is 7.81. The number of amides is 1. The first-order valence-corrected chi connectivity index (χ1v) is 9.76. The molecule has 0 aliphatic rings. The number of carbonyl (C=O) groups excluding carboxylic acids is 1. The lowest BCUT2D eigenvalue weighted by molar-refractivity contribution is -0.122. The highest BCUT2D eigenvalue weighted by Crippen LogP contribution is 2.22. The fourth-order valence-electron chi connectivity index (χ4n) is 2.22. The van der Waals surface area contributed by atoms with Crippen molar-refractivity contribution in [3.8, 4) is 0 Å². The number of nitrogens with one attached hydrogen (secondary N) is 1. The normalized spacial score (nSPS) is 12.0. The van der Waals surface area contributed by atoms with Crippen molar-refractivity contribution in [1.82, 2.24) is 5.32 Å². The quantitative estimate of drug-likeness (QED) is 0.791. The molecule has 0 saturated heterocycles. The van der Waals surface area contributed by atoms with Gasteiger partial charge in [-0.2, -0.15) is 0 Å². The number of hydrogen-bond acceptors (Lipinski definition) is 3. The first-order valence-electron chi connectivity index (χ1n) is 7.91. The molecule has 0 saturated carbocycles. The van der Waals surface area contributed by atoms with Crippen molar-refractivity contribution in [2.75, 3.05) is 17.1 Å². The number of hydrogen-bond donors (Lipinski definition) is 1. The van der Waals surface area contributed by atoms with Gasteiger partial charge >= 0.3 is 0 Å². The predicted molar refractivity (Wildman–Crippen MR) is 95.1 cm³/mol. The number of aryl methyl sites for hydroxylation is 1. The van der Waals surface area contributed by atoms with E-state index in [-0.39, 0.29) is 11.4 Å². The fraction of sp³-hybridized carbons (Fsp3) is 0.588. The minimum atomic E-state index is -3.38. The first kappa shape index (κ1) is 19.5. The van der Waals surface area contributed by atoms with E-state index in [1.165, 1.54) is 10.6 Å². The number of anilines is 1. The Hall–Kier alpha value is -1.56. The van der Waals surface area contributed by atoms with Crippen molar-refractivity contribution in [3.63, 3.8) is 0 Å². The van der Waals surface area contributed by atoms with Crippen molar-refractivity contribution >= 4 is 21.6 Å². The van der Waals surface area contributed by atoms with Crippen LogP contribution in [0, 0.1) is 6.92 Å². The Balaban J connectivity index is 2.72. The Morgan fingerprint density at radius 3 is 2.39 bits per heavy atom. The Bertz CT molecular complexity index is 639. The molecule has 5 nitrogen and oxygen atoms in total. The summed E-state index contributed by atoms with van der Waals surface area (Å²) < 4.78 is 25.5. The van der Waals surface area contributed by atoms with Crippen LogP contribution in [0.2, 0.25) is 0 Å². The highest BCUT2D eigenvalue weighted by atomic mass is 32.2. The predicted octanol–water partition coefficient (Wildman–Crippen LogP) is 2.85. The molecule has 0 bridgehead atoms. The number of nitrogens with zero attached hydrogens (tertiary/aromatic N) is 1. The van der Waals surface area contributed by atoms with Crippen LogP contribution < -0.4 is 9.62 Å². The van der Waals surface area contributed by atoms with Crippen molar-refractivity contribution in [1.29, 1.82) is 0 Å². The van der Waals surface area contributed by atoms with E-state index in [4.69, 9.17) is 0 Å². The van der Waals surface area contributed by atoms with E-state index in [9.17, 15) is 13.2 Å². The molecule has 0 spiro atoms. The minimum Gasteiger partial charge on any atom is -0.351 e. The van der Waals surface area contributed by atoms with Crippen molar-refractivity contribution in [3.05, 3.63) is 29.8 Å². The maximum atomic E-state index is 12.1. The standard InChI is InChI=1S/C17H28N2O3S/c1-6-17(3,4)18-16(20)12-9-13-19(23(5,21)22)15-11-8-7-10-14(15)2/h7-8,10-11H,6,9,12-13H2,1-5H3,(H,18,20). The summed E-state index contributed by atoms with van der Waals surface area (Å²) in [4.78, 5) is 12.0. The van der Waals surface area contributed by atoms with Crippen molar-refractivity contribution in [2.24, 2.45) is 0 Å². The van der Waals surface area contributed by atoms with Gasteiger partial charge in [0.15, 0.2) is 0 Å². The Kier molecular flexibility index (Phi) is 6.62. The summed E-state index contributed by atoms with van der Waals surface area (Å²) in [7, 11) is -3.38. The summed E-state index contributed by atoms with van der Waals surface area (Å²) in [5.74, 6) is -0.0462. The molecule has 0 aliphatic heterocycles. The Morgan fingerprint density at radius 2 is 1.87 bits per heavy atom. The third kappa shape index (κ3) is 6.22. The van der Waals surface area contributed by atoms with Crippen LogP contribution in [0.1, 0.15) is 45.6 Å². The topological polar surface area (TPSA) is 66.5 Å². The lowest BCUT2D eigenvalue weighted by Crippen LogP contribution is -2.43. The monoisotopic (exact) mass is 340 g/mol. The summed E-state index contributed by atoms with van der Waals surface area (Å²) in [6, 6.07) is 7.36. The van der Waals surface area contributed by atoms with Crippen LogP contribution in [0.5, 0.6) is 0 Å². The van der Waals surface area contributed by atoms with Crippen molar-refractivity contribution in [2.45, 2.75) is 52.5 Å². The van der Waals surface area contributed by atoms with E-state index in [1.54, 1.807) is 6.07 Å². The zero-order valence-electron chi connectivity index (χ0n) is 14.7. The molecule has 0 atom stereocenters. The molecule has 0 unspecified atom stereocenters. The van der Waals surface area contributed by atoms with Gasteiger partial charge in [-0.3, -0.25) is 9.10 Å². The van der Waals surface area contributed by atoms with Gasteiger partial charge in [0.2, 0.25) is 15.9 Å². The van der Waals surface area contributed by atoms with Crippen molar-refractivity contribution < 1.29 is 13.2 Å². The van der Waals surface area contributed by atoms with E-state index in [0.717, 1.165) is 12.0 Å². The van der Waals surface area contributed by atoms with Gasteiger partial charge in [0.1, 0.15) is 0 Å². The molecular formula is C17H28N2O3S. The summed E-state index contributed by atoms with van der Waals surface area (Å²) in [6.07, 6.45) is 2.82. The van der Waals surface area contributed by atoms with Crippen LogP contribution in [-0.4, -0.2) is 32.7 Å². The summed E-state index contributed by atoms with van der Waals surface area (Å²) in [5, 5.41) is 2.96. The van der Waals surface area contributed by atoms with Gasteiger partial charge in [0, 0.05) is 18.5 Å². The van der Waals surface area contributed by atoms with Crippen LogP contribution in [-0.2, 0) is 14.8 Å². The second-order valence-corrected chi connectivity index (χ2v) is 8.42. The van der Waals surface area contributed by atoms with E-state index in [0.29, 0.717) is 25.1 Å². The number of rotatable bonds is 8. The average molecular weight is 340 g/mol. The largest absolute Gasteiger partial charge is 0.351 e. The maximum absolute atomic E-state index is 12.1. The SMILES string of the molecule is CCC(C)(C)NC(=O)CCCN(c1ccccc1C)S(C)(=O)=O. The molecule has 1 aromatic rings. The molecule has 23 heavy (non-hydrogen) atoms.